The zero-order chi connectivity index (χ0) is 10.6. The number of hydrogen-bond donors (Lipinski definition) is 1. The molecule has 1 rings (SSSR count). The van der Waals surface area contributed by atoms with Crippen LogP contribution < -0.4 is 9.46 Å². The van der Waals surface area contributed by atoms with Crippen molar-refractivity contribution in [3.63, 3.8) is 0 Å². The molecule has 0 unspecified atom stereocenters. The number of nitrogens with one attached hydrogen (secondary N) is 1. The summed E-state index contributed by atoms with van der Waals surface area (Å²) in [7, 11) is -3.27. The van der Waals surface area contributed by atoms with Gasteiger partial charge in [0, 0.05) is 0 Å². The third-order valence-electron chi connectivity index (χ3n) is 1.20. The highest BCUT2D eigenvalue weighted by molar-refractivity contribution is 7.92. The number of aromatic nitrogens is 2. The first kappa shape index (κ1) is 10.7. The number of hydrogen-bond acceptors (Lipinski definition) is 5. The van der Waals surface area contributed by atoms with E-state index in [2.05, 4.69) is 14.7 Å². The van der Waals surface area contributed by atoms with Gasteiger partial charge in [-0.2, -0.15) is 0 Å². The minimum Gasteiger partial charge on any atom is -0.464 e. The van der Waals surface area contributed by atoms with E-state index in [1.165, 1.54) is 12.4 Å². The second-order valence-electron chi connectivity index (χ2n) is 2.56. The first-order valence-electron chi connectivity index (χ1n) is 3.94. The molecule has 0 saturated carbocycles. The van der Waals surface area contributed by atoms with Crippen LogP contribution in [0.2, 0.25) is 0 Å². The van der Waals surface area contributed by atoms with E-state index in [0.717, 1.165) is 6.26 Å². The molecule has 0 fully saturated rings. The lowest BCUT2D eigenvalue weighted by Crippen LogP contribution is -2.10. The Balaban J connectivity index is 2.74. The normalized spacial score (nSPS) is 11.0. The van der Waals surface area contributed by atoms with Crippen LogP contribution in [0.3, 0.4) is 0 Å². The fraction of sp³-hybridized carbons (Fsp3) is 0.429. The Bertz CT molecular complexity index is 387. The SMILES string of the molecule is CCOc1ncc(NS(C)(=O)=O)cn1. The van der Waals surface area contributed by atoms with Gasteiger partial charge in [-0.05, 0) is 6.92 Å². The maximum absolute atomic E-state index is 10.8. The summed E-state index contributed by atoms with van der Waals surface area (Å²) in [4.78, 5) is 7.58. The van der Waals surface area contributed by atoms with E-state index >= 15 is 0 Å². The average Bonchev–Trinajstić information content (AvgIpc) is 2.06. The van der Waals surface area contributed by atoms with Crippen molar-refractivity contribution in [3.05, 3.63) is 12.4 Å². The van der Waals surface area contributed by atoms with Gasteiger partial charge in [-0.15, -0.1) is 0 Å². The molecule has 0 saturated heterocycles. The standard InChI is InChI=1S/C7H11N3O3S/c1-3-13-7-8-4-6(5-9-7)10-14(2,11)12/h4-5,10H,3H2,1-2H3. The first-order valence-corrected chi connectivity index (χ1v) is 5.83. The van der Waals surface area contributed by atoms with Crippen molar-refractivity contribution in [1.82, 2.24) is 9.97 Å². The maximum Gasteiger partial charge on any atom is 0.316 e. The molecule has 0 atom stereocenters. The van der Waals surface area contributed by atoms with Gasteiger partial charge in [0.1, 0.15) is 0 Å². The summed E-state index contributed by atoms with van der Waals surface area (Å²) in [5.41, 5.74) is 0.316. The van der Waals surface area contributed by atoms with E-state index in [9.17, 15) is 8.42 Å². The molecule has 0 radical (unpaired) electrons. The predicted molar refractivity (Wildman–Crippen MR) is 51.7 cm³/mol. The second kappa shape index (κ2) is 4.23. The summed E-state index contributed by atoms with van der Waals surface area (Å²) in [5.74, 6) is 0. The summed E-state index contributed by atoms with van der Waals surface area (Å²) in [6.07, 6.45) is 3.75. The van der Waals surface area contributed by atoms with Gasteiger partial charge in [0.25, 0.3) is 0 Å². The second-order valence-corrected chi connectivity index (χ2v) is 4.31. The highest BCUT2D eigenvalue weighted by atomic mass is 32.2. The zero-order valence-electron chi connectivity index (χ0n) is 7.89. The molecule has 0 aliphatic rings. The zero-order valence-corrected chi connectivity index (χ0v) is 8.71. The van der Waals surface area contributed by atoms with Gasteiger partial charge < -0.3 is 4.74 Å². The Hall–Kier alpha value is -1.37. The van der Waals surface area contributed by atoms with Crippen molar-refractivity contribution in [2.45, 2.75) is 6.92 Å². The van der Waals surface area contributed by atoms with Gasteiger partial charge in [-0.1, -0.05) is 0 Å². The molecule has 1 aromatic rings. The number of rotatable bonds is 4. The van der Waals surface area contributed by atoms with Crippen molar-refractivity contribution >= 4 is 15.7 Å². The Labute approximate surface area is 82.4 Å². The predicted octanol–water partition coefficient (Wildman–Crippen LogP) is 0.247. The smallest absolute Gasteiger partial charge is 0.316 e. The van der Waals surface area contributed by atoms with Crippen LogP contribution in [0.5, 0.6) is 6.01 Å². The van der Waals surface area contributed by atoms with Crippen LogP contribution in [0.15, 0.2) is 12.4 Å². The molecule has 0 aliphatic carbocycles. The highest BCUT2D eigenvalue weighted by Gasteiger charge is 2.02. The molecule has 0 aromatic carbocycles. The van der Waals surface area contributed by atoms with Crippen molar-refractivity contribution in [2.24, 2.45) is 0 Å². The topological polar surface area (TPSA) is 81.2 Å². The highest BCUT2D eigenvalue weighted by Crippen LogP contribution is 2.08. The van der Waals surface area contributed by atoms with E-state index in [4.69, 9.17) is 4.74 Å². The van der Waals surface area contributed by atoms with Gasteiger partial charge in [0.2, 0.25) is 10.0 Å². The molecule has 0 spiro atoms. The molecule has 0 aliphatic heterocycles. The van der Waals surface area contributed by atoms with E-state index in [1.807, 2.05) is 6.92 Å². The minimum atomic E-state index is -3.27. The lowest BCUT2D eigenvalue weighted by molar-refractivity contribution is 0.312. The summed E-state index contributed by atoms with van der Waals surface area (Å²) >= 11 is 0. The summed E-state index contributed by atoms with van der Waals surface area (Å²) in [6.45, 7) is 2.28. The van der Waals surface area contributed by atoms with Crippen LogP contribution in [-0.2, 0) is 10.0 Å². The van der Waals surface area contributed by atoms with E-state index in [0.29, 0.717) is 12.3 Å². The Morgan fingerprint density at radius 3 is 2.43 bits per heavy atom. The summed E-state index contributed by atoms with van der Waals surface area (Å²) in [6, 6.07) is 0.228. The molecule has 1 N–H and O–H groups in total. The number of sulfonamides is 1. The lowest BCUT2D eigenvalue weighted by atomic mass is 10.6. The van der Waals surface area contributed by atoms with Crippen molar-refractivity contribution < 1.29 is 13.2 Å². The van der Waals surface area contributed by atoms with Crippen LogP contribution >= 0.6 is 0 Å². The summed E-state index contributed by atoms with van der Waals surface area (Å²) < 4.78 is 28.9. The number of ether oxygens (including phenoxy) is 1. The van der Waals surface area contributed by atoms with Crippen LogP contribution in [0.4, 0.5) is 5.69 Å². The van der Waals surface area contributed by atoms with Crippen LogP contribution in [-0.4, -0.2) is 31.2 Å². The maximum atomic E-state index is 10.8. The van der Waals surface area contributed by atoms with E-state index < -0.39 is 10.0 Å². The Morgan fingerprint density at radius 2 is 2.00 bits per heavy atom. The minimum absolute atomic E-state index is 0.228. The molecule has 1 aromatic heterocycles. The molecule has 14 heavy (non-hydrogen) atoms. The van der Waals surface area contributed by atoms with E-state index in [-0.39, 0.29) is 6.01 Å². The van der Waals surface area contributed by atoms with Crippen LogP contribution in [0.1, 0.15) is 6.92 Å². The molecule has 0 amide bonds. The van der Waals surface area contributed by atoms with Crippen LogP contribution in [0.25, 0.3) is 0 Å². The quantitative estimate of drug-likeness (QED) is 0.781. The van der Waals surface area contributed by atoms with Gasteiger partial charge in [-0.25, -0.2) is 18.4 Å². The van der Waals surface area contributed by atoms with Gasteiger partial charge in [0.15, 0.2) is 0 Å². The average molecular weight is 217 g/mol. The number of nitrogens with zero attached hydrogens (tertiary/aromatic N) is 2. The third kappa shape index (κ3) is 3.56. The molecule has 1 heterocycles. The monoisotopic (exact) mass is 217 g/mol. The van der Waals surface area contributed by atoms with Crippen molar-refractivity contribution in [1.29, 1.82) is 0 Å². The molecular formula is C7H11N3O3S. The van der Waals surface area contributed by atoms with Gasteiger partial charge in [-0.3, -0.25) is 4.72 Å². The molecule has 0 bridgehead atoms. The fourth-order valence-corrected chi connectivity index (χ4v) is 1.32. The number of anilines is 1. The van der Waals surface area contributed by atoms with E-state index in [1.54, 1.807) is 0 Å². The molecule has 6 nitrogen and oxygen atoms in total. The van der Waals surface area contributed by atoms with Gasteiger partial charge in [0.05, 0.1) is 30.9 Å². The van der Waals surface area contributed by atoms with Crippen LogP contribution in [0, 0.1) is 0 Å². The molecule has 7 heteroatoms. The first-order chi connectivity index (χ1) is 6.51. The largest absolute Gasteiger partial charge is 0.464 e. The summed E-state index contributed by atoms with van der Waals surface area (Å²) in [5, 5.41) is 0. The fourth-order valence-electron chi connectivity index (χ4n) is 0.787. The lowest BCUT2D eigenvalue weighted by Gasteiger charge is -2.03. The van der Waals surface area contributed by atoms with Gasteiger partial charge >= 0.3 is 6.01 Å². The Kier molecular flexibility index (Phi) is 3.23. The van der Waals surface area contributed by atoms with Crippen molar-refractivity contribution in [2.75, 3.05) is 17.6 Å². The van der Waals surface area contributed by atoms with Crippen molar-refractivity contribution in [3.8, 4) is 6.01 Å². The molecule has 78 valence electrons. The molecular weight excluding hydrogens is 206 g/mol. The third-order valence-corrected chi connectivity index (χ3v) is 1.81. The Morgan fingerprint density at radius 1 is 1.43 bits per heavy atom.